The summed E-state index contributed by atoms with van der Waals surface area (Å²) in [6.45, 7) is 0. The lowest BCUT2D eigenvalue weighted by atomic mass is 9.95. The summed E-state index contributed by atoms with van der Waals surface area (Å²) in [5.41, 5.74) is -1.95. The van der Waals surface area contributed by atoms with E-state index in [0.717, 1.165) is 43.5 Å². The van der Waals surface area contributed by atoms with Crippen molar-refractivity contribution in [1.82, 2.24) is 0 Å². The van der Waals surface area contributed by atoms with Crippen LogP contribution in [0, 0.1) is 0 Å². The zero-order valence-electron chi connectivity index (χ0n) is 12.5. The molecule has 0 aliphatic rings. The van der Waals surface area contributed by atoms with Crippen LogP contribution in [0.15, 0.2) is 42.5 Å². The molecule has 0 atom stereocenters. The summed E-state index contributed by atoms with van der Waals surface area (Å²) in [7, 11) is 0.930. The second kappa shape index (κ2) is 6.66. The van der Waals surface area contributed by atoms with Gasteiger partial charge in [0.25, 0.3) is 0 Å². The van der Waals surface area contributed by atoms with Gasteiger partial charge in [-0.25, -0.2) is 4.79 Å². The number of hydrogen-bond donors (Lipinski definition) is 0. The third-order valence-corrected chi connectivity index (χ3v) is 3.16. The van der Waals surface area contributed by atoms with E-state index in [4.69, 9.17) is 0 Å². The predicted octanol–water partition coefficient (Wildman–Crippen LogP) is 5.06. The van der Waals surface area contributed by atoms with E-state index in [1.54, 1.807) is 0 Å². The van der Waals surface area contributed by atoms with E-state index in [1.807, 2.05) is 0 Å². The van der Waals surface area contributed by atoms with Crippen molar-refractivity contribution in [2.24, 2.45) is 0 Å². The van der Waals surface area contributed by atoms with Crippen LogP contribution in [0.25, 0.3) is 11.1 Å². The Labute approximate surface area is 137 Å². The summed E-state index contributed by atoms with van der Waals surface area (Å²) < 4.78 is 84.0. The fraction of sp³-hybridized carbons (Fsp3) is 0.188. The first kappa shape index (κ1) is 18.6. The quantitative estimate of drug-likeness (QED) is 0.564. The minimum Gasteiger partial charge on any atom is -0.465 e. The lowest BCUT2D eigenvalue weighted by Crippen LogP contribution is -2.17. The lowest BCUT2D eigenvalue weighted by Gasteiger charge is -2.16. The van der Waals surface area contributed by atoms with Crippen LogP contribution in [0.2, 0.25) is 0 Å². The SMILES string of the molecule is COC(=O)c1c(-c2ccc(OC(F)(F)F)cc2)cccc1C(F)(F)F. The van der Waals surface area contributed by atoms with Crippen LogP contribution >= 0.6 is 0 Å². The van der Waals surface area contributed by atoms with Crippen LogP contribution in [0.5, 0.6) is 5.75 Å². The van der Waals surface area contributed by atoms with Gasteiger partial charge in [-0.3, -0.25) is 0 Å². The summed E-state index contributed by atoms with van der Waals surface area (Å²) >= 11 is 0. The molecule has 134 valence electrons. The van der Waals surface area contributed by atoms with Gasteiger partial charge in [-0.1, -0.05) is 24.3 Å². The van der Waals surface area contributed by atoms with E-state index < -0.39 is 35.4 Å². The van der Waals surface area contributed by atoms with Crippen molar-refractivity contribution >= 4 is 5.97 Å². The Bertz CT molecular complexity index is 763. The summed E-state index contributed by atoms with van der Waals surface area (Å²) in [6.07, 6.45) is -9.70. The van der Waals surface area contributed by atoms with Crippen molar-refractivity contribution in [2.75, 3.05) is 7.11 Å². The molecule has 25 heavy (non-hydrogen) atoms. The zero-order chi connectivity index (χ0) is 18.8. The van der Waals surface area contributed by atoms with Crippen molar-refractivity contribution < 1.29 is 40.6 Å². The molecule has 9 heteroatoms. The maximum Gasteiger partial charge on any atom is 0.573 e. The molecule has 0 saturated carbocycles. The largest absolute Gasteiger partial charge is 0.573 e. The average Bonchev–Trinajstić information content (AvgIpc) is 2.52. The number of hydrogen-bond acceptors (Lipinski definition) is 3. The van der Waals surface area contributed by atoms with E-state index in [1.165, 1.54) is 6.07 Å². The maximum absolute atomic E-state index is 13.1. The molecule has 0 fully saturated rings. The molecular weight excluding hydrogens is 354 g/mol. The number of carbonyl (C=O) groups is 1. The number of methoxy groups -OCH3 is 1. The molecule has 0 N–H and O–H groups in total. The Kier molecular flexibility index (Phi) is 4.96. The van der Waals surface area contributed by atoms with Crippen molar-refractivity contribution in [3.05, 3.63) is 53.6 Å². The van der Waals surface area contributed by atoms with Gasteiger partial charge in [0, 0.05) is 0 Å². The normalized spacial score (nSPS) is 12.0. The van der Waals surface area contributed by atoms with Gasteiger partial charge >= 0.3 is 18.5 Å². The summed E-state index contributed by atoms with van der Waals surface area (Å²) in [6, 6.07) is 7.14. The van der Waals surface area contributed by atoms with E-state index in [9.17, 15) is 31.1 Å². The molecule has 0 aliphatic carbocycles. The molecule has 0 saturated heterocycles. The van der Waals surface area contributed by atoms with E-state index in [0.29, 0.717) is 0 Å². The third-order valence-electron chi connectivity index (χ3n) is 3.16. The Morgan fingerprint density at radius 3 is 2.00 bits per heavy atom. The summed E-state index contributed by atoms with van der Waals surface area (Å²) in [4.78, 5) is 11.8. The Morgan fingerprint density at radius 2 is 1.52 bits per heavy atom. The van der Waals surface area contributed by atoms with Crippen molar-refractivity contribution in [3.8, 4) is 16.9 Å². The van der Waals surface area contributed by atoms with Crippen LogP contribution in [-0.2, 0) is 10.9 Å². The van der Waals surface area contributed by atoms with Crippen LogP contribution in [0.1, 0.15) is 15.9 Å². The zero-order valence-corrected chi connectivity index (χ0v) is 12.5. The van der Waals surface area contributed by atoms with Crippen LogP contribution < -0.4 is 4.74 Å². The molecule has 0 radical (unpaired) electrons. The van der Waals surface area contributed by atoms with Gasteiger partial charge in [0.15, 0.2) is 0 Å². The number of rotatable bonds is 3. The van der Waals surface area contributed by atoms with Gasteiger partial charge in [-0.2, -0.15) is 13.2 Å². The Balaban J connectivity index is 2.54. The van der Waals surface area contributed by atoms with Gasteiger partial charge in [-0.15, -0.1) is 13.2 Å². The highest BCUT2D eigenvalue weighted by Crippen LogP contribution is 2.37. The van der Waals surface area contributed by atoms with Crippen molar-refractivity contribution in [3.63, 3.8) is 0 Å². The molecule has 2 aromatic carbocycles. The molecule has 0 amide bonds. The monoisotopic (exact) mass is 364 g/mol. The highest BCUT2D eigenvalue weighted by atomic mass is 19.4. The molecule has 0 bridgehead atoms. The number of benzene rings is 2. The predicted molar refractivity (Wildman–Crippen MR) is 74.9 cm³/mol. The maximum atomic E-state index is 13.1. The molecular formula is C16H10F6O3. The fourth-order valence-corrected chi connectivity index (χ4v) is 2.19. The van der Waals surface area contributed by atoms with Gasteiger partial charge in [-0.05, 0) is 29.3 Å². The van der Waals surface area contributed by atoms with E-state index >= 15 is 0 Å². The minimum absolute atomic E-state index is 0.0982. The van der Waals surface area contributed by atoms with Gasteiger partial charge < -0.3 is 9.47 Å². The first-order chi connectivity index (χ1) is 11.5. The van der Waals surface area contributed by atoms with Crippen LogP contribution in [0.4, 0.5) is 26.3 Å². The van der Waals surface area contributed by atoms with E-state index in [-0.39, 0.29) is 11.1 Å². The molecule has 0 spiro atoms. The van der Waals surface area contributed by atoms with Crippen molar-refractivity contribution in [2.45, 2.75) is 12.5 Å². The molecule has 2 rings (SSSR count). The van der Waals surface area contributed by atoms with Gasteiger partial charge in [0.1, 0.15) is 5.75 Å². The van der Waals surface area contributed by atoms with Crippen LogP contribution in [0.3, 0.4) is 0 Å². The molecule has 3 nitrogen and oxygen atoms in total. The molecule has 0 heterocycles. The highest BCUT2D eigenvalue weighted by molar-refractivity contribution is 5.99. The third kappa shape index (κ3) is 4.43. The minimum atomic E-state index is -4.89. The van der Waals surface area contributed by atoms with Gasteiger partial charge in [0.2, 0.25) is 0 Å². The fourth-order valence-electron chi connectivity index (χ4n) is 2.19. The smallest absolute Gasteiger partial charge is 0.465 e. The first-order valence-corrected chi connectivity index (χ1v) is 6.67. The Morgan fingerprint density at radius 1 is 0.920 bits per heavy atom. The lowest BCUT2D eigenvalue weighted by molar-refractivity contribution is -0.274. The molecule has 0 aromatic heterocycles. The number of ether oxygens (including phenoxy) is 2. The molecule has 2 aromatic rings. The topological polar surface area (TPSA) is 35.5 Å². The standard InChI is InChI=1S/C16H10F6O3/c1-24-14(23)13-11(3-2-4-12(13)15(17,18)19)9-5-7-10(8-6-9)25-16(20,21)22/h2-8H,1H3. The number of alkyl halides is 6. The van der Waals surface area contributed by atoms with Crippen molar-refractivity contribution in [1.29, 1.82) is 0 Å². The molecule has 0 unspecified atom stereocenters. The van der Waals surface area contributed by atoms with E-state index in [2.05, 4.69) is 9.47 Å². The number of carbonyl (C=O) groups excluding carboxylic acids is 1. The highest BCUT2D eigenvalue weighted by Gasteiger charge is 2.37. The second-order valence-corrected chi connectivity index (χ2v) is 4.79. The molecule has 0 aliphatic heterocycles. The van der Waals surface area contributed by atoms with Gasteiger partial charge in [0.05, 0.1) is 18.2 Å². The number of esters is 1. The average molecular weight is 364 g/mol. The first-order valence-electron chi connectivity index (χ1n) is 6.67. The summed E-state index contributed by atoms with van der Waals surface area (Å²) in [5.74, 6) is -1.75. The Hall–Kier alpha value is -2.71. The number of halogens is 6. The second-order valence-electron chi connectivity index (χ2n) is 4.79. The van der Waals surface area contributed by atoms with Crippen LogP contribution in [-0.4, -0.2) is 19.4 Å². The summed E-state index contributed by atoms with van der Waals surface area (Å²) in [5, 5.41) is 0.